The van der Waals surface area contributed by atoms with Crippen molar-refractivity contribution in [3.8, 4) is 0 Å². The third-order valence-corrected chi connectivity index (χ3v) is 2.52. The van der Waals surface area contributed by atoms with Gasteiger partial charge < -0.3 is 10.4 Å². The fourth-order valence-electron chi connectivity index (χ4n) is 0.737. The summed E-state index contributed by atoms with van der Waals surface area (Å²) in [5, 5.41) is 9.74. The normalized spacial score (nSPS) is 14.7. The molecule has 0 bridgehead atoms. The fraction of sp³-hybridized carbons (Fsp3) is 0.714. The number of thiol groups is 2. The third-order valence-electron chi connectivity index (χ3n) is 1.55. The number of rotatable bonds is 5. The molecule has 2 N–H and O–H groups in total. The number of amides is 1. The monoisotopic (exact) mass is 223 g/mol. The summed E-state index contributed by atoms with van der Waals surface area (Å²) in [5.41, 5.74) is 0. The van der Waals surface area contributed by atoms with Crippen LogP contribution in [0.4, 0.5) is 0 Å². The Labute approximate surface area is 87.9 Å². The van der Waals surface area contributed by atoms with Gasteiger partial charge in [-0.05, 0) is 12.8 Å². The number of aliphatic carboxylic acids is 1. The van der Waals surface area contributed by atoms with Crippen LogP contribution < -0.4 is 5.32 Å². The number of nitrogens with one attached hydrogen (secondary N) is 1. The minimum absolute atomic E-state index is 0.200. The molecule has 2 atom stereocenters. The van der Waals surface area contributed by atoms with Crippen molar-refractivity contribution < 1.29 is 14.7 Å². The minimum Gasteiger partial charge on any atom is -0.480 e. The van der Waals surface area contributed by atoms with E-state index in [2.05, 4.69) is 30.6 Å². The molecule has 0 radical (unpaired) electrons. The number of carboxylic acid groups (broad SMARTS) is 1. The molecule has 0 saturated carbocycles. The number of hydrogen-bond acceptors (Lipinski definition) is 4. The van der Waals surface area contributed by atoms with Gasteiger partial charge in [0.05, 0.1) is 10.5 Å². The highest BCUT2D eigenvalue weighted by Crippen LogP contribution is 2.11. The lowest BCUT2D eigenvalue weighted by Gasteiger charge is -2.10. The quantitative estimate of drug-likeness (QED) is 0.503. The van der Waals surface area contributed by atoms with Crippen molar-refractivity contribution in [2.45, 2.75) is 23.3 Å². The van der Waals surface area contributed by atoms with Crippen LogP contribution in [0.2, 0.25) is 0 Å². The molecular formula is C7H13NO3S2. The van der Waals surface area contributed by atoms with Crippen LogP contribution in [0.25, 0.3) is 0 Å². The molecular weight excluding hydrogens is 210 g/mol. The number of carboxylic acids is 1. The standard InChI is InChI=1S/C7H13NO3S2/c1-8-6(9)4(12)2-3-5(13)7(10)11/h4-5,12-13H,2-3H2,1H3,(H,8,9)(H,10,11). The van der Waals surface area contributed by atoms with Gasteiger partial charge in [-0.25, -0.2) is 0 Å². The Morgan fingerprint density at radius 1 is 1.31 bits per heavy atom. The van der Waals surface area contributed by atoms with Gasteiger partial charge in [0, 0.05) is 7.05 Å². The molecule has 0 spiro atoms. The predicted octanol–water partition coefficient (Wildman–Crippen LogP) is 0.194. The van der Waals surface area contributed by atoms with Gasteiger partial charge in [-0.2, -0.15) is 25.3 Å². The van der Waals surface area contributed by atoms with Crippen LogP contribution in [0.1, 0.15) is 12.8 Å². The summed E-state index contributed by atoms with van der Waals surface area (Å²) in [4.78, 5) is 21.3. The van der Waals surface area contributed by atoms with Gasteiger partial charge in [0.2, 0.25) is 5.91 Å². The molecule has 0 heterocycles. The number of carbonyl (C=O) groups is 2. The zero-order valence-corrected chi connectivity index (χ0v) is 9.02. The summed E-state index contributed by atoms with van der Waals surface area (Å²) in [6.07, 6.45) is 0.739. The van der Waals surface area contributed by atoms with E-state index < -0.39 is 16.5 Å². The van der Waals surface area contributed by atoms with Crippen LogP contribution in [0.15, 0.2) is 0 Å². The second kappa shape index (κ2) is 6.15. The average Bonchev–Trinajstić information content (AvgIpc) is 2.11. The number of hydrogen-bond donors (Lipinski definition) is 4. The van der Waals surface area contributed by atoms with Crippen LogP contribution in [0.3, 0.4) is 0 Å². The highest BCUT2D eigenvalue weighted by Gasteiger charge is 2.17. The van der Waals surface area contributed by atoms with E-state index >= 15 is 0 Å². The molecule has 6 heteroatoms. The molecule has 0 aromatic carbocycles. The molecule has 2 unspecified atom stereocenters. The number of carbonyl (C=O) groups excluding carboxylic acids is 1. The molecule has 76 valence electrons. The van der Waals surface area contributed by atoms with Crippen LogP contribution in [-0.4, -0.2) is 34.5 Å². The van der Waals surface area contributed by atoms with Crippen molar-refractivity contribution in [1.29, 1.82) is 0 Å². The maximum Gasteiger partial charge on any atom is 0.316 e. The maximum absolute atomic E-state index is 10.9. The predicted molar refractivity (Wildman–Crippen MR) is 56.5 cm³/mol. The molecule has 0 fully saturated rings. The first-order valence-corrected chi connectivity index (χ1v) is 4.82. The van der Waals surface area contributed by atoms with Crippen LogP contribution in [-0.2, 0) is 9.59 Å². The Balaban J connectivity index is 3.76. The van der Waals surface area contributed by atoms with E-state index in [1.54, 1.807) is 0 Å². The Morgan fingerprint density at radius 2 is 1.77 bits per heavy atom. The minimum atomic E-state index is -0.972. The molecule has 0 rings (SSSR count). The highest BCUT2D eigenvalue weighted by molar-refractivity contribution is 7.82. The maximum atomic E-state index is 10.9. The third kappa shape index (κ3) is 5.05. The van der Waals surface area contributed by atoms with E-state index in [0.717, 1.165) is 0 Å². The first-order chi connectivity index (χ1) is 5.99. The van der Waals surface area contributed by atoms with Crippen LogP contribution in [0.5, 0.6) is 0 Å². The van der Waals surface area contributed by atoms with Crippen LogP contribution >= 0.6 is 25.3 Å². The Bertz CT molecular complexity index is 198. The molecule has 0 aliphatic rings. The van der Waals surface area contributed by atoms with Gasteiger partial charge in [-0.3, -0.25) is 9.59 Å². The summed E-state index contributed by atoms with van der Waals surface area (Å²) in [7, 11) is 1.51. The van der Waals surface area contributed by atoms with Gasteiger partial charge in [-0.15, -0.1) is 0 Å². The van der Waals surface area contributed by atoms with Crippen LogP contribution in [0, 0.1) is 0 Å². The first kappa shape index (κ1) is 12.6. The Kier molecular flexibility index (Phi) is 5.98. The lowest BCUT2D eigenvalue weighted by atomic mass is 10.2. The van der Waals surface area contributed by atoms with Crippen molar-refractivity contribution in [2.24, 2.45) is 0 Å². The summed E-state index contributed by atoms with van der Waals surface area (Å²) < 4.78 is 0. The van der Waals surface area contributed by atoms with Crippen molar-refractivity contribution in [3.63, 3.8) is 0 Å². The highest BCUT2D eigenvalue weighted by atomic mass is 32.1. The summed E-state index contributed by atoms with van der Waals surface area (Å²) in [6.45, 7) is 0. The van der Waals surface area contributed by atoms with E-state index in [1.807, 2.05) is 0 Å². The summed E-state index contributed by atoms with van der Waals surface area (Å²) >= 11 is 7.84. The fourth-order valence-corrected chi connectivity index (χ4v) is 1.16. The largest absolute Gasteiger partial charge is 0.480 e. The Hall–Kier alpha value is -0.360. The topological polar surface area (TPSA) is 66.4 Å². The first-order valence-electron chi connectivity index (χ1n) is 3.79. The van der Waals surface area contributed by atoms with E-state index in [4.69, 9.17) is 5.11 Å². The molecule has 0 aliphatic heterocycles. The van der Waals surface area contributed by atoms with Gasteiger partial charge in [-0.1, -0.05) is 0 Å². The van der Waals surface area contributed by atoms with Crippen molar-refractivity contribution in [2.75, 3.05) is 7.05 Å². The zero-order chi connectivity index (χ0) is 10.4. The van der Waals surface area contributed by atoms with E-state index in [9.17, 15) is 9.59 Å². The molecule has 1 amide bonds. The van der Waals surface area contributed by atoms with Crippen molar-refractivity contribution in [1.82, 2.24) is 5.32 Å². The van der Waals surface area contributed by atoms with Gasteiger partial charge in [0.25, 0.3) is 0 Å². The molecule has 0 aliphatic carbocycles. The molecule has 13 heavy (non-hydrogen) atoms. The molecule has 0 aromatic rings. The van der Waals surface area contributed by atoms with Crippen molar-refractivity contribution in [3.05, 3.63) is 0 Å². The van der Waals surface area contributed by atoms with Gasteiger partial charge in [0.1, 0.15) is 0 Å². The second-order valence-electron chi connectivity index (χ2n) is 2.56. The molecule has 0 saturated heterocycles. The summed E-state index contributed by atoms with van der Waals surface area (Å²) in [5.74, 6) is -1.17. The van der Waals surface area contributed by atoms with Gasteiger partial charge in [0.15, 0.2) is 0 Å². The van der Waals surface area contributed by atoms with E-state index in [1.165, 1.54) is 7.05 Å². The molecule has 4 nitrogen and oxygen atoms in total. The second-order valence-corrected chi connectivity index (χ2v) is 3.81. The average molecular weight is 223 g/mol. The smallest absolute Gasteiger partial charge is 0.316 e. The Morgan fingerprint density at radius 3 is 2.15 bits per heavy atom. The molecule has 0 aromatic heterocycles. The lowest BCUT2D eigenvalue weighted by Crippen LogP contribution is -2.29. The zero-order valence-electron chi connectivity index (χ0n) is 7.23. The van der Waals surface area contributed by atoms with E-state index in [-0.39, 0.29) is 5.91 Å². The SMILES string of the molecule is CNC(=O)C(S)CCC(S)C(=O)O. The van der Waals surface area contributed by atoms with E-state index in [0.29, 0.717) is 12.8 Å². The summed E-state index contributed by atoms with van der Waals surface area (Å²) in [6, 6.07) is 0. The van der Waals surface area contributed by atoms with Crippen molar-refractivity contribution >= 4 is 37.1 Å². The van der Waals surface area contributed by atoms with Gasteiger partial charge >= 0.3 is 5.97 Å². The lowest BCUT2D eigenvalue weighted by molar-refractivity contribution is -0.136.